The van der Waals surface area contributed by atoms with Crippen molar-refractivity contribution < 1.29 is 9.13 Å². The topological polar surface area (TPSA) is 37.9 Å². The summed E-state index contributed by atoms with van der Waals surface area (Å²) in [6, 6.07) is 19.6. The quantitative estimate of drug-likeness (QED) is 0.519. The number of ether oxygens (including phenoxy) is 1. The lowest BCUT2D eigenvalue weighted by Crippen LogP contribution is -2.00. The minimum absolute atomic E-state index is 0.127. The zero-order valence-corrected chi connectivity index (χ0v) is 13.9. The van der Waals surface area contributed by atoms with Gasteiger partial charge in [-0.3, -0.25) is 0 Å². The highest BCUT2D eigenvalue weighted by Gasteiger charge is 2.13. The van der Waals surface area contributed by atoms with Crippen molar-refractivity contribution in [1.82, 2.24) is 9.97 Å². The number of hydrogen-bond donors (Lipinski definition) is 1. The van der Waals surface area contributed by atoms with Crippen molar-refractivity contribution in [3.05, 3.63) is 83.1 Å². The van der Waals surface area contributed by atoms with Gasteiger partial charge in [-0.25, -0.2) is 9.37 Å². The third kappa shape index (κ3) is 3.21. The molecule has 0 bridgehead atoms. The molecule has 0 saturated carbocycles. The molecule has 3 aromatic carbocycles. The molecule has 1 heterocycles. The molecule has 5 heteroatoms. The van der Waals surface area contributed by atoms with E-state index in [0.29, 0.717) is 22.2 Å². The van der Waals surface area contributed by atoms with Crippen molar-refractivity contribution in [2.75, 3.05) is 0 Å². The van der Waals surface area contributed by atoms with Gasteiger partial charge in [0, 0.05) is 10.6 Å². The molecule has 0 amide bonds. The Hall–Kier alpha value is -2.85. The smallest absolute Gasteiger partial charge is 0.142 e. The van der Waals surface area contributed by atoms with Crippen molar-refractivity contribution >= 4 is 22.6 Å². The largest absolute Gasteiger partial charge is 0.488 e. The van der Waals surface area contributed by atoms with Gasteiger partial charge in [0.25, 0.3) is 0 Å². The van der Waals surface area contributed by atoms with Crippen molar-refractivity contribution in [2.45, 2.75) is 6.61 Å². The maximum Gasteiger partial charge on any atom is 0.142 e. The van der Waals surface area contributed by atoms with Crippen LogP contribution in [0.15, 0.2) is 66.7 Å². The van der Waals surface area contributed by atoms with Crippen LogP contribution in [0.5, 0.6) is 5.75 Å². The van der Waals surface area contributed by atoms with Crippen molar-refractivity contribution in [3.8, 4) is 17.1 Å². The molecular weight excluding hydrogens is 339 g/mol. The molecule has 124 valence electrons. The number of nitrogens with one attached hydrogen (secondary N) is 1. The highest BCUT2D eigenvalue weighted by molar-refractivity contribution is 6.30. The van der Waals surface area contributed by atoms with E-state index in [9.17, 15) is 4.39 Å². The Morgan fingerprint density at radius 1 is 1.00 bits per heavy atom. The number of aromatic nitrogens is 2. The van der Waals surface area contributed by atoms with Crippen molar-refractivity contribution in [2.24, 2.45) is 0 Å². The number of fused-ring (bicyclic) bond motifs is 1. The number of rotatable bonds is 4. The molecule has 1 aromatic heterocycles. The number of imidazole rings is 1. The second-order valence-electron chi connectivity index (χ2n) is 5.62. The highest BCUT2D eigenvalue weighted by Crippen LogP contribution is 2.32. The summed E-state index contributed by atoms with van der Waals surface area (Å²) in [6.07, 6.45) is 0. The molecule has 0 aliphatic carbocycles. The third-order valence-corrected chi connectivity index (χ3v) is 4.16. The zero-order valence-electron chi connectivity index (χ0n) is 13.2. The van der Waals surface area contributed by atoms with E-state index in [1.165, 1.54) is 6.07 Å². The minimum Gasteiger partial charge on any atom is -0.488 e. The lowest BCUT2D eigenvalue weighted by molar-refractivity contribution is 0.301. The van der Waals surface area contributed by atoms with Gasteiger partial charge in [-0.1, -0.05) is 41.9 Å². The van der Waals surface area contributed by atoms with Gasteiger partial charge in [-0.05, 0) is 36.4 Å². The van der Waals surface area contributed by atoms with E-state index in [-0.39, 0.29) is 12.4 Å². The predicted molar refractivity (Wildman–Crippen MR) is 97.3 cm³/mol. The summed E-state index contributed by atoms with van der Waals surface area (Å²) in [4.78, 5) is 7.85. The van der Waals surface area contributed by atoms with Crippen LogP contribution in [0.25, 0.3) is 22.4 Å². The van der Waals surface area contributed by atoms with Gasteiger partial charge in [0.1, 0.15) is 24.0 Å². The first-order valence-electron chi connectivity index (χ1n) is 7.81. The van der Waals surface area contributed by atoms with E-state index >= 15 is 0 Å². The van der Waals surface area contributed by atoms with Crippen molar-refractivity contribution in [1.29, 1.82) is 0 Å². The molecule has 0 radical (unpaired) electrons. The van der Waals surface area contributed by atoms with Crippen LogP contribution in [0.2, 0.25) is 5.02 Å². The average Bonchev–Trinajstić information content (AvgIpc) is 3.06. The summed E-state index contributed by atoms with van der Waals surface area (Å²) < 4.78 is 19.7. The van der Waals surface area contributed by atoms with Crippen LogP contribution in [0.4, 0.5) is 4.39 Å². The number of halogens is 2. The Morgan fingerprint density at radius 2 is 1.80 bits per heavy atom. The van der Waals surface area contributed by atoms with Crippen LogP contribution in [-0.2, 0) is 6.61 Å². The predicted octanol–water partition coefficient (Wildman–Crippen LogP) is 5.60. The maximum absolute atomic E-state index is 13.8. The van der Waals surface area contributed by atoms with Crippen LogP contribution in [0, 0.1) is 5.82 Å². The summed E-state index contributed by atoms with van der Waals surface area (Å²) in [6.45, 7) is 0.127. The summed E-state index contributed by atoms with van der Waals surface area (Å²) in [5.74, 6) is 0.959. The van der Waals surface area contributed by atoms with Gasteiger partial charge < -0.3 is 9.72 Å². The normalized spacial score (nSPS) is 11.0. The number of nitrogens with zero attached hydrogens (tertiary/aromatic N) is 1. The molecule has 0 spiro atoms. The standard InChI is InChI=1S/C20H14ClFN2O/c21-14-9-10-19(25-12-13-5-1-2-6-16(13)22)15(11-14)20-23-17-7-3-4-8-18(17)24-20/h1-11H,12H2,(H,23,24). The average molecular weight is 353 g/mol. The van der Waals surface area contributed by atoms with Gasteiger partial charge in [-0.2, -0.15) is 0 Å². The molecule has 0 fully saturated rings. The van der Waals surface area contributed by atoms with E-state index in [2.05, 4.69) is 9.97 Å². The Balaban J connectivity index is 1.70. The van der Waals surface area contributed by atoms with Gasteiger partial charge in [-0.15, -0.1) is 0 Å². The van der Waals surface area contributed by atoms with E-state index < -0.39 is 0 Å². The molecule has 0 aliphatic rings. The van der Waals surface area contributed by atoms with Crippen LogP contribution < -0.4 is 4.74 Å². The summed E-state index contributed by atoms with van der Waals surface area (Å²) in [5.41, 5.74) is 3.02. The first-order chi connectivity index (χ1) is 12.2. The minimum atomic E-state index is -0.290. The molecule has 0 aliphatic heterocycles. The van der Waals surface area contributed by atoms with E-state index in [1.807, 2.05) is 24.3 Å². The first kappa shape index (κ1) is 15.7. The van der Waals surface area contributed by atoms with E-state index in [0.717, 1.165) is 16.6 Å². The molecule has 4 rings (SSSR count). The molecule has 0 atom stereocenters. The van der Waals surface area contributed by atoms with Gasteiger partial charge >= 0.3 is 0 Å². The third-order valence-electron chi connectivity index (χ3n) is 3.93. The second-order valence-corrected chi connectivity index (χ2v) is 6.06. The number of para-hydroxylation sites is 2. The Morgan fingerprint density at radius 3 is 2.64 bits per heavy atom. The molecule has 3 nitrogen and oxygen atoms in total. The first-order valence-corrected chi connectivity index (χ1v) is 8.19. The fraction of sp³-hybridized carbons (Fsp3) is 0.0500. The summed E-state index contributed by atoms with van der Waals surface area (Å²) in [5, 5.41) is 0.577. The molecular formula is C20H14ClFN2O. The van der Waals surface area contributed by atoms with Crippen LogP contribution in [0.1, 0.15) is 5.56 Å². The number of hydrogen-bond acceptors (Lipinski definition) is 2. The number of benzene rings is 3. The Labute approximate surface area is 149 Å². The fourth-order valence-electron chi connectivity index (χ4n) is 2.66. The van der Waals surface area contributed by atoms with Gasteiger partial charge in [0.05, 0.1) is 16.6 Å². The van der Waals surface area contributed by atoms with Crippen LogP contribution in [0.3, 0.4) is 0 Å². The maximum atomic E-state index is 13.8. The van der Waals surface area contributed by atoms with Crippen LogP contribution in [-0.4, -0.2) is 9.97 Å². The molecule has 1 N–H and O–H groups in total. The zero-order chi connectivity index (χ0) is 17.2. The van der Waals surface area contributed by atoms with Crippen LogP contribution >= 0.6 is 11.6 Å². The van der Waals surface area contributed by atoms with Crippen molar-refractivity contribution in [3.63, 3.8) is 0 Å². The highest BCUT2D eigenvalue weighted by atomic mass is 35.5. The number of aromatic amines is 1. The van der Waals surface area contributed by atoms with E-state index in [4.69, 9.17) is 16.3 Å². The van der Waals surface area contributed by atoms with E-state index in [1.54, 1.807) is 36.4 Å². The SMILES string of the molecule is Fc1ccccc1COc1ccc(Cl)cc1-c1nc2ccccc2[nH]1. The Bertz CT molecular complexity index is 1010. The lowest BCUT2D eigenvalue weighted by atomic mass is 10.2. The molecule has 0 saturated heterocycles. The summed E-state index contributed by atoms with van der Waals surface area (Å²) in [7, 11) is 0. The fourth-order valence-corrected chi connectivity index (χ4v) is 2.84. The molecule has 0 unspecified atom stereocenters. The lowest BCUT2D eigenvalue weighted by Gasteiger charge is -2.11. The Kier molecular flexibility index (Phi) is 4.12. The summed E-state index contributed by atoms with van der Waals surface area (Å²) >= 11 is 6.15. The monoisotopic (exact) mass is 352 g/mol. The van der Waals surface area contributed by atoms with Gasteiger partial charge in [0.2, 0.25) is 0 Å². The second kappa shape index (κ2) is 6.57. The molecule has 4 aromatic rings. The number of H-pyrrole nitrogens is 1. The molecule has 25 heavy (non-hydrogen) atoms. The van der Waals surface area contributed by atoms with Gasteiger partial charge in [0.15, 0.2) is 0 Å².